The van der Waals surface area contributed by atoms with Gasteiger partial charge in [-0.15, -0.1) is 5.10 Å². The highest BCUT2D eigenvalue weighted by atomic mass is 16.3. The molecule has 0 spiro atoms. The largest absolute Gasteiger partial charge is 0.392 e. The Morgan fingerprint density at radius 3 is 2.52 bits per heavy atom. The summed E-state index contributed by atoms with van der Waals surface area (Å²) in [5, 5.41) is 19.1. The van der Waals surface area contributed by atoms with Crippen LogP contribution < -0.4 is 0 Å². The number of rotatable bonds is 4. The van der Waals surface area contributed by atoms with E-state index in [1.165, 1.54) is 24.8 Å². The average Bonchev–Trinajstić information content (AvgIpc) is 2.94. The lowest BCUT2D eigenvalue weighted by Crippen LogP contribution is -2.42. The summed E-state index contributed by atoms with van der Waals surface area (Å²) in [6, 6.07) is 10.5. The molecular formula is C17H23N3O. The lowest BCUT2D eigenvalue weighted by Gasteiger charge is -2.41. The van der Waals surface area contributed by atoms with Crippen molar-refractivity contribution in [2.24, 2.45) is 7.05 Å². The van der Waals surface area contributed by atoms with Gasteiger partial charge in [-0.25, -0.2) is 0 Å². The minimum absolute atomic E-state index is 0.128. The molecule has 1 aliphatic rings. The summed E-state index contributed by atoms with van der Waals surface area (Å²) in [6.45, 7) is 0. The minimum atomic E-state index is -0.406. The minimum Gasteiger partial charge on any atom is -0.392 e. The summed E-state index contributed by atoms with van der Waals surface area (Å²) in [6.07, 6.45) is 7.81. The summed E-state index contributed by atoms with van der Waals surface area (Å²) in [7, 11) is 1.86. The Morgan fingerprint density at radius 2 is 1.90 bits per heavy atom. The maximum atomic E-state index is 11.0. The topological polar surface area (TPSA) is 50.9 Å². The van der Waals surface area contributed by atoms with Crippen LogP contribution in [0.5, 0.6) is 0 Å². The summed E-state index contributed by atoms with van der Waals surface area (Å²) in [5.41, 5.74) is 2.00. The van der Waals surface area contributed by atoms with Crippen LogP contribution in [0.15, 0.2) is 36.5 Å². The van der Waals surface area contributed by atoms with Crippen molar-refractivity contribution in [2.45, 2.75) is 50.0 Å². The molecule has 1 N–H and O–H groups in total. The molecule has 1 unspecified atom stereocenters. The molecule has 0 radical (unpaired) electrons. The number of aryl methyl sites for hydroxylation is 1. The van der Waals surface area contributed by atoms with Crippen LogP contribution in [0.25, 0.3) is 0 Å². The van der Waals surface area contributed by atoms with E-state index in [-0.39, 0.29) is 5.41 Å². The summed E-state index contributed by atoms with van der Waals surface area (Å²) in [4.78, 5) is 0. The van der Waals surface area contributed by atoms with E-state index in [2.05, 4.69) is 34.6 Å². The van der Waals surface area contributed by atoms with Gasteiger partial charge in [0.15, 0.2) is 0 Å². The van der Waals surface area contributed by atoms with Gasteiger partial charge in [-0.3, -0.25) is 4.68 Å². The van der Waals surface area contributed by atoms with E-state index >= 15 is 0 Å². The molecule has 1 aromatic carbocycles. The number of nitrogens with zero attached hydrogens (tertiary/aromatic N) is 3. The molecule has 1 atom stereocenters. The molecular weight excluding hydrogens is 262 g/mol. The van der Waals surface area contributed by atoms with Crippen molar-refractivity contribution in [3.63, 3.8) is 0 Å². The fourth-order valence-electron chi connectivity index (χ4n) is 3.65. The second kappa shape index (κ2) is 5.98. The van der Waals surface area contributed by atoms with E-state index < -0.39 is 6.10 Å². The standard InChI is InChI=1S/C17H23N3O/c1-20-13-15(18-19-20)12-16(21)17(10-6-3-7-11-17)14-8-4-2-5-9-14/h2,4-5,8-9,13,16,21H,3,6-7,10-12H2,1H3. The van der Waals surface area contributed by atoms with Gasteiger partial charge in [0.25, 0.3) is 0 Å². The quantitative estimate of drug-likeness (QED) is 0.939. The van der Waals surface area contributed by atoms with E-state index in [1.54, 1.807) is 4.68 Å². The monoisotopic (exact) mass is 285 g/mol. The highest BCUT2D eigenvalue weighted by Gasteiger charge is 2.40. The fourth-order valence-corrected chi connectivity index (χ4v) is 3.65. The van der Waals surface area contributed by atoms with Crippen LogP contribution in [0.3, 0.4) is 0 Å². The third-order valence-electron chi connectivity index (χ3n) is 4.78. The van der Waals surface area contributed by atoms with Crippen LogP contribution in [0.4, 0.5) is 0 Å². The number of hydrogen-bond donors (Lipinski definition) is 1. The normalized spacial score (nSPS) is 19.3. The van der Waals surface area contributed by atoms with Gasteiger partial charge in [-0.05, 0) is 18.4 Å². The van der Waals surface area contributed by atoms with Crippen LogP contribution in [-0.2, 0) is 18.9 Å². The molecule has 2 aromatic rings. The molecule has 4 nitrogen and oxygen atoms in total. The Morgan fingerprint density at radius 1 is 1.19 bits per heavy atom. The predicted molar refractivity (Wildman–Crippen MR) is 81.9 cm³/mol. The molecule has 0 bridgehead atoms. The van der Waals surface area contributed by atoms with Crippen molar-refractivity contribution in [1.29, 1.82) is 0 Å². The summed E-state index contributed by atoms with van der Waals surface area (Å²) in [5.74, 6) is 0. The Hall–Kier alpha value is -1.68. The molecule has 0 aliphatic heterocycles. The number of aliphatic hydroxyl groups excluding tert-OH is 1. The maximum Gasteiger partial charge on any atom is 0.0853 e. The van der Waals surface area contributed by atoms with Gasteiger partial charge >= 0.3 is 0 Å². The lowest BCUT2D eigenvalue weighted by atomic mass is 9.65. The van der Waals surface area contributed by atoms with Gasteiger partial charge in [-0.2, -0.15) is 0 Å². The smallest absolute Gasteiger partial charge is 0.0853 e. The van der Waals surface area contributed by atoms with Crippen LogP contribution >= 0.6 is 0 Å². The third-order valence-corrected chi connectivity index (χ3v) is 4.78. The van der Waals surface area contributed by atoms with Crippen molar-refractivity contribution in [3.8, 4) is 0 Å². The maximum absolute atomic E-state index is 11.0. The molecule has 0 saturated heterocycles. The average molecular weight is 285 g/mol. The zero-order valence-electron chi connectivity index (χ0n) is 12.6. The van der Waals surface area contributed by atoms with Crippen molar-refractivity contribution in [2.75, 3.05) is 0 Å². The van der Waals surface area contributed by atoms with E-state index in [9.17, 15) is 5.11 Å². The fraction of sp³-hybridized carbons (Fsp3) is 0.529. The molecule has 1 saturated carbocycles. The van der Waals surface area contributed by atoms with E-state index in [4.69, 9.17) is 0 Å². The number of aromatic nitrogens is 3. The van der Waals surface area contributed by atoms with E-state index in [0.717, 1.165) is 18.5 Å². The predicted octanol–water partition coefficient (Wildman–Crippen LogP) is 2.62. The molecule has 0 amide bonds. The zero-order chi connectivity index (χ0) is 14.7. The number of hydrogen-bond acceptors (Lipinski definition) is 3. The van der Waals surface area contributed by atoms with Gasteiger partial charge < -0.3 is 5.11 Å². The van der Waals surface area contributed by atoms with Crippen LogP contribution in [0.2, 0.25) is 0 Å². The SMILES string of the molecule is Cn1cc(CC(O)C2(c3ccccc3)CCCCC2)nn1. The lowest BCUT2D eigenvalue weighted by molar-refractivity contribution is 0.0532. The van der Waals surface area contributed by atoms with Gasteiger partial charge in [0.2, 0.25) is 0 Å². The Kier molecular flexibility index (Phi) is 4.06. The first-order valence-electron chi connectivity index (χ1n) is 7.79. The first-order valence-corrected chi connectivity index (χ1v) is 7.79. The van der Waals surface area contributed by atoms with Gasteiger partial charge in [0.05, 0.1) is 11.8 Å². The first-order chi connectivity index (χ1) is 10.2. The molecule has 1 heterocycles. The Bertz CT molecular complexity index is 573. The van der Waals surface area contributed by atoms with Crippen molar-refractivity contribution in [1.82, 2.24) is 15.0 Å². The summed E-state index contributed by atoms with van der Waals surface area (Å²) >= 11 is 0. The molecule has 1 aromatic heterocycles. The van der Waals surface area contributed by atoms with Crippen molar-refractivity contribution >= 4 is 0 Å². The van der Waals surface area contributed by atoms with Gasteiger partial charge in [-0.1, -0.05) is 54.8 Å². The number of benzene rings is 1. The highest BCUT2D eigenvalue weighted by molar-refractivity contribution is 5.28. The Labute approximate surface area is 125 Å². The van der Waals surface area contributed by atoms with Crippen molar-refractivity contribution < 1.29 is 5.11 Å². The van der Waals surface area contributed by atoms with Gasteiger partial charge in [0.1, 0.15) is 0 Å². The molecule has 4 heteroatoms. The first kappa shape index (κ1) is 14.3. The highest BCUT2D eigenvalue weighted by Crippen LogP contribution is 2.43. The second-order valence-electron chi connectivity index (χ2n) is 6.19. The second-order valence-corrected chi connectivity index (χ2v) is 6.19. The third kappa shape index (κ3) is 2.86. The van der Waals surface area contributed by atoms with E-state index in [0.29, 0.717) is 6.42 Å². The molecule has 3 rings (SSSR count). The number of aliphatic hydroxyl groups is 1. The zero-order valence-corrected chi connectivity index (χ0v) is 12.6. The van der Waals surface area contributed by atoms with E-state index in [1.807, 2.05) is 19.3 Å². The summed E-state index contributed by atoms with van der Waals surface area (Å²) < 4.78 is 1.69. The van der Waals surface area contributed by atoms with Crippen LogP contribution in [-0.4, -0.2) is 26.2 Å². The molecule has 112 valence electrons. The van der Waals surface area contributed by atoms with Crippen LogP contribution in [0.1, 0.15) is 43.4 Å². The Balaban J connectivity index is 1.88. The van der Waals surface area contributed by atoms with Crippen LogP contribution in [0, 0.1) is 0 Å². The molecule has 1 aliphatic carbocycles. The molecule has 1 fully saturated rings. The molecule has 21 heavy (non-hydrogen) atoms. The van der Waals surface area contributed by atoms with Crippen molar-refractivity contribution in [3.05, 3.63) is 47.8 Å². The van der Waals surface area contributed by atoms with Gasteiger partial charge in [0, 0.05) is 25.1 Å².